The van der Waals surface area contributed by atoms with E-state index in [-0.39, 0.29) is 19.7 Å². The fourth-order valence-corrected chi connectivity index (χ4v) is 2.20. The Morgan fingerprint density at radius 1 is 1.32 bits per heavy atom. The van der Waals surface area contributed by atoms with Crippen LogP contribution < -0.4 is 5.32 Å². The number of nitrogens with one attached hydrogen (secondary N) is 1. The van der Waals surface area contributed by atoms with Crippen molar-refractivity contribution in [3.05, 3.63) is 33.8 Å². The summed E-state index contributed by atoms with van der Waals surface area (Å²) >= 11 is 11.8. The van der Waals surface area contributed by atoms with Crippen LogP contribution in [0.3, 0.4) is 0 Å². The molecule has 1 aliphatic heterocycles. The zero-order valence-electron chi connectivity index (χ0n) is 11.6. The summed E-state index contributed by atoms with van der Waals surface area (Å²) in [7, 11) is 0. The molecule has 1 aromatic carbocycles. The predicted octanol–water partition coefficient (Wildman–Crippen LogP) is 2.42. The molecule has 0 saturated carbocycles. The van der Waals surface area contributed by atoms with Crippen molar-refractivity contribution in [1.29, 1.82) is 0 Å². The van der Waals surface area contributed by atoms with Crippen molar-refractivity contribution in [3.8, 4) is 0 Å². The fraction of sp³-hybridized carbons (Fsp3) is 0.308. The first-order valence-corrected chi connectivity index (χ1v) is 7.17. The second kappa shape index (κ2) is 6.85. The van der Waals surface area contributed by atoms with Crippen LogP contribution in [0.5, 0.6) is 0 Å². The van der Waals surface area contributed by atoms with E-state index in [0.717, 1.165) is 10.0 Å². The number of hydrazine groups is 1. The highest BCUT2D eigenvalue weighted by Gasteiger charge is 2.35. The third-order valence-electron chi connectivity index (χ3n) is 2.86. The van der Waals surface area contributed by atoms with Crippen LogP contribution in [0, 0.1) is 0 Å². The van der Waals surface area contributed by atoms with Gasteiger partial charge < -0.3 is 4.74 Å². The van der Waals surface area contributed by atoms with E-state index in [4.69, 9.17) is 27.9 Å². The Kier molecular flexibility index (Phi) is 5.10. The molecule has 0 atom stereocenters. The lowest BCUT2D eigenvalue weighted by Gasteiger charge is -2.36. The SMILES string of the molecule is CCOC(=O)N1CC(=O)NC(=O)N1Cc1ccc(Cl)c(Cl)c1. The topological polar surface area (TPSA) is 79.0 Å². The summed E-state index contributed by atoms with van der Waals surface area (Å²) in [6.45, 7) is 1.50. The molecule has 1 N–H and O–H groups in total. The molecular weight excluding hydrogens is 333 g/mol. The highest BCUT2D eigenvalue weighted by molar-refractivity contribution is 6.42. The van der Waals surface area contributed by atoms with Gasteiger partial charge in [-0.3, -0.25) is 10.1 Å². The lowest BCUT2D eigenvalue weighted by atomic mass is 10.2. The molecule has 1 heterocycles. The molecule has 2 rings (SSSR count). The number of hydrogen-bond donors (Lipinski definition) is 1. The minimum absolute atomic E-state index is 0.0365. The zero-order valence-corrected chi connectivity index (χ0v) is 13.1. The van der Waals surface area contributed by atoms with E-state index in [0.29, 0.717) is 15.6 Å². The highest BCUT2D eigenvalue weighted by atomic mass is 35.5. The van der Waals surface area contributed by atoms with Gasteiger partial charge in [0, 0.05) is 0 Å². The molecule has 0 bridgehead atoms. The van der Waals surface area contributed by atoms with Gasteiger partial charge in [-0.1, -0.05) is 29.3 Å². The highest BCUT2D eigenvalue weighted by Crippen LogP contribution is 2.24. The van der Waals surface area contributed by atoms with Crippen LogP contribution in [-0.4, -0.2) is 41.2 Å². The van der Waals surface area contributed by atoms with Crippen LogP contribution in [0.1, 0.15) is 12.5 Å². The van der Waals surface area contributed by atoms with Gasteiger partial charge >= 0.3 is 12.1 Å². The second-order valence-electron chi connectivity index (χ2n) is 4.42. The van der Waals surface area contributed by atoms with E-state index in [1.807, 2.05) is 0 Å². The molecule has 0 radical (unpaired) electrons. The number of amides is 4. The molecule has 0 aromatic heterocycles. The number of carbonyl (C=O) groups is 3. The minimum Gasteiger partial charge on any atom is -0.448 e. The number of hydrogen-bond acceptors (Lipinski definition) is 4. The number of imide groups is 1. The molecule has 1 aromatic rings. The number of benzene rings is 1. The molecule has 7 nitrogen and oxygen atoms in total. The van der Waals surface area contributed by atoms with E-state index in [1.165, 1.54) is 0 Å². The first kappa shape index (κ1) is 16.4. The summed E-state index contributed by atoms with van der Waals surface area (Å²) < 4.78 is 4.85. The van der Waals surface area contributed by atoms with E-state index >= 15 is 0 Å². The van der Waals surface area contributed by atoms with Crippen molar-refractivity contribution in [3.63, 3.8) is 0 Å². The summed E-state index contributed by atoms with van der Waals surface area (Å²) in [6, 6.07) is 4.12. The minimum atomic E-state index is -0.772. The van der Waals surface area contributed by atoms with E-state index in [9.17, 15) is 14.4 Å². The zero-order chi connectivity index (χ0) is 16.3. The van der Waals surface area contributed by atoms with Gasteiger partial charge in [-0.2, -0.15) is 0 Å². The number of urea groups is 1. The van der Waals surface area contributed by atoms with Crippen molar-refractivity contribution in [2.24, 2.45) is 0 Å². The van der Waals surface area contributed by atoms with Crippen molar-refractivity contribution in [2.75, 3.05) is 13.2 Å². The average molecular weight is 346 g/mol. The smallest absolute Gasteiger partial charge is 0.429 e. The van der Waals surface area contributed by atoms with Gasteiger partial charge in [0.15, 0.2) is 0 Å². The lowest BCUT2D eigenvalue weighted by molar-refractivity contribution is -0.128. The molecule has 1 fully saturated rings. The van der Waals surface area contributed by atoms with Gasteiger partial charge in [0.05, 0.1) is 23.2 Å². The molecule has 1 aliphatic rings. The molecule has 4 amide bonds. The Morgan fingerprint density at radius 3 is 2.68 bits per heavy atom. The molecule has 22 heavy (non-hydrogen) atoms. The normalized spacial score (nSPS) is 14.9. The summed E-state index contributed by atoms with van der Waals surface area (Å²) in [5.74, 6) is -0.580. The monoisotopic (exact) mass is 345 g/mol. The van der Waals surface area contributed by atoms with Crippen LogP contribution >= 0.6 is 23.2 Å². The maximum absolute atomic E-state index is 12.0. The lowest BCUT2D eigenvalue weighted by Crippen LogP contribution is -2.62. The van der Waals surface area contributed by atoms with Gasteiger partial charge in [0.1, 0.15) is 6.54 Å². The summed E-state index contributed by atoms with van der Waals surface area (Å²) in [5.41, 5.74) is 0.646. The third kappa shape index (κ3) is 3.61. The Morgan fingerprint density at radius 2 is 2.05 bits per heavy atom. The molecule has 0 spiro atoms. The van der Waals surface area contributed by atoms with E-state index < -0.39 is 18.0 Å². The molecule has 9 heteroatoms. The summed E-state index contributed by atoms with van der Waals surface area (Å²) in [4.78, 5) is 35.3. The first-order chi connectivity index (χ1) is 10.4. The molecule has 0 unspecified atom stereocenters. The molecule has 0 aliphatic carbocycles. The number of carbonyl (C=O) groups excluding carboxylic acids is 3. The first-order valence-electron chi connectivity index (χ1n) is 6.42. The Balaban J connectivity index is 2.23. The van der Waals surface area contributed by atoms with Gasteiger partial charge in [-0.05, 0) is 24.6 Å². The van der Waals surface area contributed by atoms with Crippen LogP contribution in [0.25, 0.3) is 0 Å². The Hall–Kier alpha value is -1.99. The van der Waals surface area contributed by atoms with E-state index in [1.54, 1.807) is 25.1 Å². The fourth-order valence-electron chi connectivity index (χ4n) is 1.88. The standard InChI is InChI=1S/C13H13Cl2N3O4/c1-2-22-13(21)18-7-11(19)16-12(20)17(18)6-8-3-4-9(14)10(15)5-8/h3-5H,2,6-7H2,1H3,(H,16,19,20). The Bertz CT molecular complexity index is 623. The van der Waals surface area contributed by atoms with Gasteiger partial charge in [0.2, 0.25) is 5.91 Å². The summed E-state index contributed by atoms with van der Waals surface area (Å²) in [6.07, 6.45) is -0.772. The van der Waals surface area contributed by atoms with Crippen molar-refractivity contribution < 1.29 is 19.1 Å². The second-order valence-corrected chi connectivity index (χ2v) is 5.23. The van der Waals surface area contributed by atoms with Crippen LogP contribution in [-0.2, 0) is 16.1 Å². The quantitative estimate of drug-likeness (QED) is 0.912. The number of rotatable bonds is 3. The van der Waals surface area contributed by atoms with Crippen molar-refractivity contribution in [2.45, 2.75) is 13.5 Å². The predicted molar refractivity (Wildman–Crippen MR) is 79.3 cm³/mol. The third-order valence-corrected chi connectivity index (χ3v) is 3.60. The van der Waals surface area contributed by atoms with Gasteiger partial charge in [-0.15, -0.1) is 0 Å². The van der Waals surface area contributed by atoms with Crippen molar-refractivity contribution >= 4 is 41.2 Å². The molecular formula is C13H13Cl2N3O4. The maximum Gasteiger partial charge on any atom is 0.429 e. The molecule has 118 valence electrons. The van der Waals surface area contributed by atoms with Crippen LogP contribution in [0.4, 0.5) is 9.59 Å². The van der Waals surface area contributed by atoms with E-state index in [2.05, 4.69) is 5.32 Å². The Labute approximate surface area is 136 Å². The van der Waals surface area contributed by atoms with Crippen molar-refractivity contribution in [1.82, 2.24) is 15.3 Å². The van der Waals surface area contributed by atoms with Crippen LogP contribution in [0.2, 0.25) is 10.0 Å². The number of nitrogens with zero attached hydrogens (tertiary/aromatic N) is 2. The largest absolute Gasteiger partial charge is 0.448 e. The van der Waals surface area contributed by atoms with Gasteiger partial charge in [0.25, 0.3) is 0 Å². The van der Waals surface area contributed by atoms with Crippen LogP contribution in [0.15, 0.2) is 18.2 Å². The maximum atomic E-state index is 12.0. The molecule has 1 saturated heterocycles. The summed E-state index contributed by atoms with van der Waals surface area (Å²) in [5, 5.41) is 4.89. The number of ether oxygens (including phenoxy) is 1. The van der Waals surface area contributed by atoms with Gasteiger partial charge in [-0.25, -0.2) is 19.6 Å². The number of halogens is 2. The average Bonchev–Trinajstić information content (AvgIpc) is 2.45.